The van der Waals surface area contributed by atoms with Crippen molar-refractivity contribution in [2.75, 3.05) is 6.26 Å². The molecule has 0 saturated heterocycles. The average Bonchev–Trinajstić information content (AvgIpc) is 2.93. The normalized spacial score (nSPS) is 10.6. The second-order valence-electron chi connectivity index (χ2n) is 3.92. The lowest BCUT2D eigenvalue weighted by Crippen LogP contribution is -1.91. The van der Waals surface area contributed by atoms with E-state index in [0.717, 1.165) is 23.5 Å². The highest BCUT2D eigenvalue weighted by molar-refractivity contribution is 7.98. The van der Waals surface area contributed by atoms with Crippen molar-refractivity contribution < 1.29 is 0 Å². The molecule has 0 spiro atoms. The largest absolute Gasteiger partial charge is 0.264 e. The summed E-state index contributed by atoms with van der Waals surface area (Å²) < 4.78 is 0. The highest BCUT2D eigenvalue weighted by Gasteiger charge is 2.13. The van der Waals surface area contributed by atoms with Gasteiger partial charge in [0, 0.05) is 22.0 Å². The minimum atomic E-state index is 0.994. The smallest absolute Gasteiger partial charge is 0.123 e. The molecule has 18 heavy (non-hydrogen) atoms. The monoisotopic (exact) mass is 276 g/mol. The fourth-order valence-electron chi connectivity index (χ4n) is 1.95. The lowest BCUT2D eigenvalue weighted by molar-refractivity contribution is 0.921. The van der Waals surface area contributed by atoms with Gasteiger partial charge in [-0.1, -0.05) is 13.3 Å². The van der Waals surface area contributed by atoms with Crippen LogP contribution in [0.1, 0.15) is 18.9 Å². The van der Waals surface area contributed by atoms with Crippen LogP contribution in [0.5, 0.6) is 0 Å². The van der Waals surface area contributed by atoms with Crippen LogP contribution in [-0.2, 0) is 6.42 Å². The molecule has 0 aliphatic carbocycles. The Morgan fingerprint density at radius 3 is 2.83 bits per heavy atom. The number of aromatic nitrogens is 1. The molecule has 0 radical (unpaired) electrons. The summed E-state index contributed by atoms with van der Waals surface area (Å²) in [4.78, 5) is 9.82. The molecule has 1 aromatic heterocycles. The number of hydrogen-bond donors (Lipinski definition) is 0. The van der Waals surface area contributed by atoms with Gasteiger partial charge in [0.1, 0.15) is 5.01 Å². The van der Waals surface area contributed by atoms with E-state index >= 15 is 0 Å². The molecule has 1 heterocycles. The van der Waals surface area contributed by atoms with Gasteiger partial charge in [0.15, 0.2) is 0 Å². The Morgan fingerprint density at radius 1 is 1.44 bits per heavy atom. The summed E-state index contributed by atoms with van der Waals surface area (Å²) in [5, 5.41) is 3.08. The number of nitrogens with zero attached hydrogens (tertiary/aromatic N) is 2. The van der Waals surface area contributed by atoms with Crippen molar-refractivity contribution in [1.29, 1.82) is 0 Å². The summed E-state index contributed by atoms with van der Waals surface area (Å²) in [6, 6.07) is 4.32. The topological polar surface area (TPSA) is 25.2 Å². The number of thiazole rings is 1. The lowest BCUT2D eigenvalue weighted by atomic mass is 10.0. The zero-order valence-corrected chi connectivity index (χ0v) is 12.3. The van der Waals surface area contributed by atoms with E-state index in [1.54, 1.807) is 23.1 Å². The minimum absolute atomic E-state index is 0.994. The van der Waals surface area contributed by atoms with Crippen LogP contribution < -0.4 is 0 Å². The van der Waals surface area contributed by atoms with Crippen LogP contribution in [0.2, 0.25) is 0 Å². The zero-order chi connectivity index (χ0) is 13.0. The van der Waals surface area contributed by atoms with Crippen LogP contribution in [0, 0.1) is 0 Å². The molecule has 0 aliphatic rings. The van der Waals surface area contributed by atoms with Crippen molar-refractivity contribution in [3.63, 3.8) is 0 Å². The minimum Gasteiger partial charge on any atom is -0.264 e. The van der Waals surface area contributed by atoms with Crippen molar-refractivity contribution in [3.05, 3.63) is 29.3 Å². The Kier molecular flexibility index (Phi) is 4.55. The highest BCUT2D eigenvalue weighted by Crippen LogP contribution is 2.36. The Hall–Kier alpha value is -1.13. The number of rotatable bonds is 5. The maximum absolute atomic E-state index is 4.43. The van der Waals surface area contributed by atoms with E-state index in [1.165, 1.54) is 16.0 Å². The van der Waals surface area contributed by atoms with Gasteiger partial charge >= 0.3 is 0 Å². The van der Waals surface area contributed by atoms with E-state index in [0.29, 0.717) is 0 Å². The van der Waals surface area contributed by atoms with E-state index in [9.17, 15) is 0 Å². The molecule has 0 unspecified atom stereocenters. The summed E-state index contributed by atoms with van der Waals surface area (Å²) in [5.74, 6) is 0. The van der Waals surface area contributed by atoms with Crippen LogP contribution in [0.25, 0.3) is 10.6 Å². The molecule has 0 fully saturated rings. The summed E-state index contributed by atoms with van der Waals surface area (Å²) in [5.41, 5.74) is 3.47. The van der Waals surface area contributed by atoms with Crippen molar-refractivity contribution in [3.8, 4) is 10.6 Å². The van der Waals surface area contributed by atoms with Gasteiger partial charge in [0.05, 0.1) is 5.69 Å². The third-order valence-corrected chi connectivity index (χ3v) is 4.28. The van der Waals surface area contributed by atoms with Gasteiger partial charge < -0.3 is 0 Å². The Bertz CT molecular complexity index is 533. The fraction of sp³-hybridized carbons (Fsp3) is 0.286. The van der Waals surface area contributed by atoms with Crippen molar-refractivity contribution in [2.24, 2.45) is 4.99 Å². The first kappa shape index (κ1) is 13.3. The molecule has 0 N–H and O–H groups in total. The molecule has 94 valence electrons. The van der Waals surface area contributed by atoms with E-state index in [2.05, 4.69) is 42.0 Å². The standard InChI is InChI=1S/C14H16N2S2/c1-4-5-11-12(14-16-6-7-18-14)8-10(17-3)9-13(11)15-2/h6-9H,2,4-5H2,1,3H3. The summed E-state index contributed by atoms with van der Waals surface area (Å²) in [6.07, 6.45) is 6.03. The Balaban J connectivity index is 2.63. The zero-order valence-electron chi connectivity index (χ0n) is 10.6. The summed E-state index contributed by atoms with van der Waals surface area (Å²) in [7, 11) is 0. The number of benzene rings is 1. The number of thioether (sulfide) groups is 1. The summed E-state index contributed by atoms with van der Waals surface area (Å²) in [6.45, 7) is 5.88. The van der Waals surface area contributed by atoms with Gasteiger partial charge in [-0.15, -0.1) is 23.1 Å². The predicted molar refractivity (Wildman–Crippen MR) is 82.5 cm³/mol. The fourth-order valence-corrected chi connectivity index (χ4v) is 3.10. The Morgan fingerprint density at radius 2 is 2.28 bits per heavy atom. The van der Waals surface area contributed by atoms with Crippen LogP contribution in [0.4, 0.5) is 5.69 Å². The maximum Gasteiger partial charge on any atom is 0.123 e. The van der Waals surface area contributed by atoms with Gasteiger partial charge in [0.25, 0.3) is 0 Å². The van der Waals surface area contributed by atoms with Gasteiger partial charge in [-0.3, -0.25) is 4.99 Å². The molecule has 2 aromatic rings. The first-order chi connectivity index (χ1) is 8.80. The second-order valence-corrected chi connectivity index (χ2v) is 5.69. The van der Waals surface area contributed by atoms with Crippen molar-refractivity contribution in [1.82, 2.24) is 4.98 Å². The lowest BCUT2D eigenvalue weighted by Gasteiger charge is -2.12. The van der Waals surface area contributed by atoms with Gasteiger partial charge in [0.2, 0.25) is 0 Å². The maximum atomic E-state index is 4.43. The van der Waals surface area contributed by atoms with E-state index < -0.39 is 0 Å². The van der Waals surface area contributed by atoms with Crippen LogP contribution in [-0.4, -0.2) is 18.0 Å². The first-order valence-electron chi connectivity index (χ1n) is 5.87. The van der Waals surface area contributed by atoms with Crippen LogP contribution in [0.15, 0.2) is 33.6 Å². The molecule has 1 aromatic carbocycles. The molecule has 2 rings (SSSR count). The molecular weight excluding hydrogens is 260 g/mol. The molecule has 0 saturated carbocycles. The predicted octanol–water partition coefficient (Wildman–Crippen LogP) is 4.82. The second kappa shape index (κ2) is 6.16. The molecule has 0 amide bonds. The molecule has 0 atom stereocenters. The van der Waals surface area contributed by atoms with Gasteiger partial charge in [-0.25, -0.2) is 4.98 Å². The third-order valence-electron chi connectivity index (χ3n) is 2.77. The number of aliphatic imine (C=N–C) groups is 1. The van der Waals surface area contributed by atoms with Gasteiger partial charge in [-0.2, -0.15) is 0 Å². The molecule has 2 nitrogen and oxygen atoms in total. The van der Waals surface area contributed by atoms with E-state index in [4.69, 9.17) is 0 Å². The van der Waals surface area contributed by atoms with Crippen molar-refractivity contribution in [2.45, 2.75) is 24.7 Å². The van der Waals surface area contributed by atoms with E-state index in [1.807, 2.05) is 11.6 Å². The quantitative estimate of drug-likeness (QED) is 0.578. The van der Waals surface area contributed by atoms with Gasteiger partial charge in [-0.05, 0) is 37.1 Å². The number of hydrogen-bond acceptors (Lipinski definition) is 4. The molecule has 0 bridgehead atoms. The molecular formula is C14H16N2S2. The first-order valence-corrected chi connectivity index (χ1v) is 7.98. The average molecular weight is 276 g/mol. The van der Waals surface area contributed by atoms with Crippen molar-refractivity contribution >= 4 is 35.5 Å². The molecule has 0 aliphatic heterocycles. The Labute approximate surface area is 116 Å². The SMILES string of the molecule is C=Nc1cc(SC)cc(-c2nccs2)c1CCC. The highest BCUT2D eigenvalue weighted by atomic mass is 32.2. The van der Waals surface area contributed by atoms with E-state index in [-0.39, 0.29) is 0 Å². The molecule has 4 heteroatoms. The summed E-state index contributed by atoms with van der Waals surface area (Å²) >= 11 is 3.40. The third kappa shape index (κ3) is 2.65. The van der Waals surface area contributed by atoms with Crippen LogP contribution >= 0.6 is 23.1 Å². The van der Waals surface area contributed by atoms with Crippen LogP contribution in [0.3, 0.4) is 0 Å².